The fraction of sp³-hybridized carbons (Fsp3) is 0.278. The molecule has 2 heterocycles. The molecule has 4 rings (SSSR count). The van der Waals surface area contributed by atoms with Gasteiger partial charge in [0, 0.05) is 18.4 Å². The van der Waals surface area contributed by atoms with Gasteiger partial charge in [0.1, 0.15) is 5.82 Å². The minimum atomic E-state index is -1.00. The number of carboxylic acid groups (broad SMARTS) is 1. The van der Waals surface area contributed by atoms with Gasteiger partial charge in [-0.1, -0.05) is 12.1 Å². The van der Waals surface area contributed by atoms with Crippen molar-refractivity contribution in [3.8, 4) is 5.69 Å². The number of hydrogen-bond donors (Lipinski definition) is 2. The van der Waals surface area contributed by atoms with E-state index in [9.17, 15) is 14.7 Å². The number of benzene rings is 1. The summed E-state index contributed by atoms with van der Waals surface area (Å²) in [7, 11) is 0. The molecular formula is C18H17N5O3. The first-order valence-corrected chi connectivity index (χ1v) is 8.45. The summed E-state index contributed by atoms with van der Waals surface area (Å²) < 4.78 is 1.63. The minimum absolute atomic E-state index is 0.183. The standard InChI is InChI=1S/C18H17N5O3/c24-16-10-8-12(20-21-16)7-9-15-19-17(11-5-6-11)22-23(15)14-4-2-1-3-13(14)18(25)26/h1-4,8,10-11H,5-7,9H2,(H,21,24)(H,25,26). The lowest BCUT2D eigenvalue weighted by Crippen LogP contribution is -2.12. The molecule has 0 aliphatic heterocycles. The molecule has 0 saturated heterocycles. The number of aryl methyl sites for hydroxylation is 2. The molecule has 0 unspecified atom stereocenters. The highest BCUT2D eigenvalue weighted by Gasteiger charge is 2.29. The average Bonchev–Trinajstić information content (AvgIpc) is 3.41. The van der Waals surface area contributed by atoms with Gasteiger partial charge in [-0.3, -0.25) is 4.79 Å². The van der Waals surface area contributed by atoms with Gasteiger partial charge in [0.15, 0.2) is 5.82 Å². The van der Waals surface area contributed by atoms with E-state index in [4.69, 9.17) is 0 Å². The lowest BCUT2D eigenvalue weighted by Gasteiger charge is -2.08. The van der Waals surface area contributed by atoms with E-state index in [0.29, 0.717) is 30.3 Å². The molecule has 0 amide bonds. The molecule has 1 fully saturated rings. The third-order valence-electron chi connectivity index (χ3n) is 4.34. The van der Waals surface area contributed by atoms with Crippen molar-refractivity contribution in [1.82, 2.24) is 25.0 Å². The maximum Gasteiger partial charge on any atom is 0.337 e. The summed E-state index contributed by atoms with van der Waals surface area (Å²) in [6, 6.07) is 9.87. The van der Waals surface area contributed by atoms with E-state index in [-0.39, 0.29) is 11.1 Å². The molecule has 3 aromatic rings. The largest absolute Gasteiger partial charge is 0.478 e. The van der Waals surface area contributed by atoms with E-state index in [1.807, 2.05) is 0 Å². The predicted octanol–water partition coefficient (Wildman–Crippen LogP) is 1.71. The topological polar surface area (TPSA) is 114 Å². The summed E-state index contributed by atoms with van der Waals surface area (Å²) in [5.41, 5.74) is 1.17. The Bertz CT molecular complexity index is 999. The molecule has 8 nitrogen and oxygen atoms in total. The number of nitrogens with zero attached hydrogens (tertiary/aromatic N) is 4. The van der Waals surface area contributed by atoms with Crippen molar-refractivity contribution in [3.05, 3.63) is 69.7 Å². The van der Waals surface area contributed by atoms with Crippen LogP contribution in [0.4, 0.5) is 0 Å². The number of hydrogen-bond acceptors (Lipinski definition) is 5. The van der Waals surface area contributed by atoms with Crippen LogP contribution < -0.4 is 5.56 Å². The fourth-order valence-corrected chi connectivity index (χ4v) is 2.82. The van der Waals surface area contributed by atoms with Gasteiger partial charge in [-0.15, -0.1) is 0 Å². The van der Waals surface area contributed by atoms with Crippen LogP contribution in [0.2, 0.25) is 0 Å². The Kier molecular flexibility index (Phi) is 4.08. The van der Waals surface area contributed by atoms with Gasteiger partial charge in [0.2, 0.25) is 0 Å². The van der Waals surface area contributed by atoms with Crippen LogP contribution in [0.5, 0.6) is 0 Å². The monoisotopic (exact) mass is 351 g/mol. The maximum atomic E-state index is 11.6. The van der Waals surface area contributed by atoms with E-state index in [1.165, 1.54) is 6.07 Å². The van der Waals surface area contributed by atoms with Crippen LogP contribution in [-0.4, -0.2) is 36.0 Å². The summed E-state index contributed by atoms with van der Waals surface area (Å²) >= 11 is 0. The zero-order valence-electron chi connectivity index (χ0n) is 13.9. The van der Waals surface area contributed by atoms with Crippen LogP contribution in [0.25, 0.3) is 5.69 Å². The molecular weight excluding hydrogens is 334 g/mol. The molecule has 1 saturated carbocycles. The Morgan fingerprint density at radius 2 is 2.00 bits per heavy atom. The van der Waals surface area contributed by atoms with Crippen LogP contribution in [0, 0.1) is 0 Å². The van der Waals surface area contributed by atoms with Crippen molar-refractivity contribution in [3.63, 3.8) is 0 Å². The summed E-state index contributed by atoms with van der Waals surface area (Å²) in [5.74, 6) is 0.804. The van der Waals surface area contributed by atoms with Gasteiger partial charge in [-0.25, -0.2) is 19.6 Å². The van der Waals surface area contributed by atoms with Crippen LogP contribution in [0.1, 0.15) is 46.5 Å². The first-order chi connectivity index (χ1) is 12.6. The number of nitrogens with one attached hydrogen (secondary N) is 1. The number of aromatic nitrogens is 5. The summed E-state index contributed by atoms with van der Waals surface area (Å²) in [5, 5.41) is 20.5. The van der Waals surface area contributed by atoms with Gasteiger partial charge < -0.3 is 5.11 Å². The van der Waals surface area contributed by atoms with Gasteiger partial charge in [-0.2, -0.15) is 10.2 Å². The van der Waals surface area contributed by atoms with E-state index in [0.717, 1.165) is 24.4 Å². The smallest absolute Gasteiger partial charge is 0.337 e. The number of carboxylic acids is 1. The van der Waals surface area contributed by atoms with E-state index in [1.54, 1.807) is 35.0 Å². The Hall–Kier alpha value is -3.29. The molecule has 8 heteroatoms. The van der Waals surface area contributed by atoms with Crippen LogP contribution in [0.3, 0.4) is 0 Å². The molecule has 0 bridgehead atoms. The molecule has 0 spiro atoms. The van der Waals surface area contributed by atoms with Crippen LogP contribution >= 0.6 is 0 Å². The molecule has 26 heavy (non-hydrogen) atoms. The zero-order chi connectivity index (χ0) is 18.1. The van der Waals surface area contributed by atoms with E-state index in [2.05, 4.69) is 20.3 Å². The maximum absolute atomic E-state index is 11.6. The van der Waals surface area contributed by atoms with Crippen LogP contribution in [-0.2, 0) is 12.8 Å². The first kappa shape index (κ1) is 16.2. The minimum Gasteiger partial charge on any atom is -0.478 e. The van der Waals surface area contributed by atoms with E-state index >= 15 is 0 Å². The van der Waals surface area contributed by atoms with Crippen LogP contribution in [0.15, 0.2) is 41.2 Å². The van der Waals surface area contributed by atoms with Gasteiger partial charge in [-0.05, 0) is 37.5 Å². The number of aromatic amines is 1. The van der Waals surface area contributed by atoms with Gasteiger partial charge in [0.05, 0.1) is 16.9 Å². The molecule has 1 aliphatic rings. The second-order valence-corrected chi connectivity index (χ2v) is 6.31. The quantitative estimate of drug-likeness (QED) is 0.699. The molecule has 0 radical (unpaired) electrons. The SMILES string of the molecule is O=C(O)c1ccccc1-n1nc(C2CC2)nc1CCc1ccc(=O)[nH]n1. The second-order valence-electron chi connectivity index (χ2n) is 6.31. The number of aromatic carboxylic acids is 1. The highest BCUT2D eigenvalue weighted by atomic mass is 16.4. The first-order valence-electron chi connectivity index (χ1n) is 8.45. The highest BCUT2D eigenvalue weighted by molar-refractivity contribution is 5.91. The third kappa shape index (κ3) is 3.26. The Labute approximate surface area is 148 Å². The summed E-state index contributed by atoms with van der Waals surface area (Å²) in [4.78, 5) is 27.3. The molecule has 0 atom stereocenters. The molecule has 2 aromatic heterocycles. The van der Waals surface area contributed by atoms with Crippen molar-refractivity contribution < 1.29 is 9.90 Å². The van der Waals surface area contributed by atoms with Crippen molar-refractivity contribution in [2.45, 2.75) is 31.6 Å². The van der Waals surface area contributed by atoms with Crippen molar-refractivity contribution in [1.29, 1.82) is 0 Å². The van der Waals surface area contributed by atoms with Crippen molar-refractivity contribution in [2.24, 2.45) is 0 Å². The van der Waals surface area contributed by atoms with Crippen molar-refractivity contribution >= 4 is 5.97 Å². The zero-order valence-corrected chi connectivity index (χ0v) is 13.9. The summed E-state index contributed by atoms with van der Waals surface area (Å²) in [6.45, 7) is 0. The third-order valence-corrected chi connectivity index (χ3v) is 4.34. The Morgan fingerprint density at radius 3 is 2.69 bits per heavy atom. The lowest BCUT2D eigenvalue weighted by molar-refractivity contribution is 0.0696. The Morgan fingerprint density at radius 1 is 1.19 bits per heavy atom. The number of carbonyl (C=O) groups is 1. The Balaban J connectivity index is 1.69. The highest BCUT2D eigenvalue weighted by Crippen LogP contribution is 2.38. The number of rotatable bonds is 6. The fourth-order valence-electron chi connectivity index (χ4n) is 2.82. The molecule has 132 valence electrons. The van der Waals surface area contributed by atoms with Gasteiger partial charge >= 0.3 is 5.97 Å². The normalized spacial score (nSPS) is 13.7. The molecule has 2 N–H and O–H groups in total. The van der Waals surface area contributed by atoms with Crippen molar-refractivity contribution in [2.75, 3.05) is 0 Å². The molecule has 1 aliphatic carbocycles. The number of para-hydroxylation sites is 1. The lowest BCUT2D eigenvalue weighted by atomic mass is 10.1. The second kappa shape index (κ2) is 6.55. The summed E-state index contributed by atoms with van der Waals surface area (Å²) in [6.07, 6.45) is 3.22. The predicted molar refractivity (Wildman–Crippen MR) is 92.6 cm³/mol. The van der Waals surface area contributed by atoms with Gasteiger partial charge in [0.25, 0.3) is 5.56 Å². The molecule has 1 aromatic carbocycles. The van der Waals surface area contributed by atoms with E-state index < -0.39 is 5.97 Å². The average molecular weight is 351 g/mol. The number of H-pyrrole nitrogens is 1.